The minimum atomic E-state index is -4.71. The number of phenols is 1. The number of aromatic hydroxyl groups is 1. The lowest BCUT2D eigenvalue weighted by Crippen LogP contribution is -2.28. The lowest BCUT2D eigenvalue weighted by Gasteiger charge is -2.17. The molecule has 0 fully saturated rings. The Morgan fingerprint density at radius 3 is 2.33 bits per heavy atom. The van der Waals surface area contributed by atoms with Crippen molar-refractivity contribution in [2.24, 2.45) is 5.73 Å². The first-order valence-electron chi connectivity index (χ1n) is 4.05. The van der Waals surface area contributed by atoms with Crippen LogP contribution in [0.5, 0.6) is 5.75 Å². The minimum absolute atomic E-state index is 0.0608. The molecule has 0 heterocycles. The van der Waals surface area contributed by atoms with E-state index in [0.717, 1.165) is 12.1 Å². The number of hydrogen-bond acceptors (Lipinski definition) is 2. The first kappa shape index (κ1) is 11.8. The number of phenolic OH excluding ortho intramolecular Hbond substituents is 1. The SMILES string of the molecule is Cc1ccc([C@H](N)C(F)(F)F)c(O)c1F. The van der Waals surface area contributed by atoms with Gasteiger partial charge in [0.15, 0.2) is 11.6 Å². The van der Waals surface area contributed by atoms with Gasteiger partial charge in [-0.25, -0.2) is 4.39 Å². The van der Waals surface area contributed by atoms with Gasteiger partial charge in [-0.2, -0.15) is 13.2 Å². The van der Waals surface area contributed by atoms with Crippen molar-refractivity contribution in [2.45, 2.75) is 19.1 Å². The molecule has 0 aliphatic heterocycles. The summed E-state index contributed by atoms with van der Waals surface area (Å²) < 4.78 is 49.6. The van der Waals surface area contributed by atoms with Crippen LogP contribution in [-0.4, -0.2) is 11.3 Å². The van der Waals surface area contributed by atoms with Gasteiger partial charge in [-0.15, -0.1) is 0 Å². The topological polar surface area (TPSA) is 46.2 Å². The highest BCUT2D eigenvalue weighted by Gasteiger charge is 2.39. The fourth-order valence-electron chi connectivity index (χ4n) is 1.11. The molecule has 2 nitrogen and oxygen atoms in total. The van der Waals surface area contributed by atoms with Gasteiger partial charge in [0.2, 0.25) is 0 Å². The van der Waals surface area contributed by atoms with Gasteiger partial charge < -0.3 is 10.8 Å². The Bertz CT molecular complexity index is 375. The Balaban J connectivity index is 3.23. The first-order chi connectivity index (χ1) is 6.75. The maximum Gasteiger partial charge on any atom is 0.407 e. The second kappa shape index (κ2) is 3.69. The standard InChI is InChI=1S/C9H9F4NO/c1-4-2-3-5(7(15)6(4)10)8(14)9(11,12)13/h2-3,8,15H,14H2,1H3/t8-/m0/s1. The van der Waals surface area contributed by atoms with Crippen LogP contribution in [0.4, 0.5) is 17.6 Å². The van der Waals surface area contributed by atoms with Crippen LogP contribution in [-0.2, 0) is 0 Å². The molecule has 1 aromatic rings. The first-order valence-corrected chi connectivity index (χ1v) is 4.05. The zero-order valence-corrected chi connectivity index (χ0v) is 7.77. The number of nitrogens with two attached hydrogens (primary N) is 1. The van der Waals surface area contributed by atoms with Crippen molar-refractivity contribution in [3.05, 3.63) is 29.1 Å². The van der Waals surface area contributed by atoms with Gasteiger partial charge in [-0.1, -0.05) is 12.1 Å². The van der Waals surface area contributed by atoms with Gasteiger partial charge in [0.25, 0.3) is 0 Å². The van der Waals surface area contributed by atoms with Crippen molar-refractivity contribution in [3.63, 3.8) is 0 Å². The molecule has 0 bridgehead atoms. The third-order valence-corrected chi connectivity index (χ3v) is 2.03. The molecule has 84 valence electrons. The molecular formula is C9H9F4NO. The Morgan fingerprint density at radius 2 is 1.87 bits per heavy atom. The molecule has 1 rings (SSSR count). The van der Waals surface area contributed by atoms with Crippen molar-refractivity contribution in [1.29, 1.82) is 0 Å². The van der Waals surface area contributed by atoms with E-state index < -0.39 is 29.3 Å². The molecule has 0 aromatic heterocycles. The fourth-order valence-corrected chi connectivity index (χ4v) is 1.11. The summed E-state index contributed by atoms with van der Waals surface area (Å²) in [6, 6.07) is -0.283. The van der Waals surface area contributed by atoms with E-state index in [2.05, 4.69) is 0 Å². The average molecular weight is 223 g/mol. The normalized spacial score (nSPS) is 14.0. The Kier molecular flexibility index (Phi) is 2.90. The monoisotopic (exact) mass is 223 g/mol. The van der Waals surface area contributed by atoms with Crippen LogP contribution in [0, 0.1) is 12.7 Å². The summed E-state index contributed by atoms with van der Waals surface area (Å²) in [4.78, 5) is 0. The number of halogens is 4. The molecule has 0 saturated carbocycles. The van der Waals surface area contributed by atoms with Gasteiger partial charge in [0, 0.05) is 5.56 Å². The highest BCUT2D eigenvalue weighted by Crippen LogP contribution is 2.36. The van der Waals surface area contributed by atoms with Crippen LogP contribution in [0.25, 0.3) is 0 Å². The van der Waals surface area contributed by atoms with E-state index in [1.807, 2.05) is 0 Å². The van der Waals surface area contributed by atoms with E-state index in [4.69, 9.17) is 10.8 Å². The molecule has 15 heavy (non-hydrogen) atoms. The van der Waals surface area contributed by atoms with Crippen molar-refractivity contribution in [1.82, 2.24) is 0 Å². The Hall–Kier alpha value is -1.30. The third kappa shape index (κ3) is 2.20. The summed E-state index contributed by atoms with van der Waals surface area (Å²) in [7, 11) is 0. The van der Waals surface area contributed by atoms with E-state index in [1.54, 1.807) is 0 Å². The average Bonchev–Trinajstić information content (AvgIpc) is 2.12. The van der Waals surface area contributed by atoms with Crippen LogP contribution in [0.3, 0.4) is 0 Å². The number of rotatable bonds is 1. The molecule has 0 amide bonds. The zero-order valence-electron chi connectivity index (χ0n) is 7.77. The van der Waals surface area contributed by atoms with Crippen LogP contribution in [0.1, 0.15) is 17.2 Å². The second-order valence-electron chi connectivity index (χ2n) is 3.15. The van der Waals surface area contributed by atoms with E-state index in [0.29, 0.717) is 0 Å². The van der Waals surface area contributed by atoms with E-state index in [9.17, 15) is 17.6 Å². The molecule has 0 aliphatic rings. The van der Waals surface area contributed by atoms with Gasteiger partial charge >= 0.3 is 6.18 Å². The highest BCUT2D eigenvalue weighted by atomic mass is 19.4. The van der Waals surface area contributed by atoms with Gasteiger partial charge in [0.1, 0.15) is 6.04 Å². The summed E-state index contributed by atoms with van der Waals surface area (Å²) in [6.45, 7) is 1.33. The van der Waals surface area contributed by atoms with Crippen molar-refractivity contribution in [3.8, 4) is 5.75 Å². The molecule has 6 heteroatoms. The van der Waals surface area contributed by atoms with Gasteiger partial charge in [-0.3, -0.25) is 0 Å². The van der Waals surface area contributed by atoms with Gasteiger partial charge in [0.05, 0.1) is 0 Å². The quantitative estimate of drug-likeness (QED) is 0.718. The van der Waals surface area contributed by atoms with Crippen molar-refractivity contribution < 1.29 is 22.7 Å². The Morgan fingerprint density at radius 1 is 1.33 bits per heavy atom. The molecule has 0 saturated heterocycles. The lowest BCUT2D eigenvalue weighted by molar-refractivity contribution is -0.149. The largest absolute Gasteiger partial charge is 0.505 e. The predicted octanol–water partition coefficient (Wildman–Crippen LogP) is 2.40. The fraction of sp³-hybridized carbons (Fsp3) is 0.333. The summed E-state index contributed by atoms with van der Waals surface area (Å²) in [6.07, 6.45) is -4.71. The molecule has 0 radical (unpaired) electrons. The molecular weight excluding hydrogens is 214 g/mol. The third-order valence-electron chi connectivity index (χ3n) is 2.03. The van der Waals surface area contributed by atoms with E-state index >= 15 is 0 Å². The number of benzene rings is 1. The highest BCUT2D eigenvalue weighted by molar-refractivity contribution is 5.40. The van der Waals surface area contributed by atoms with E-state index in [-0.39, 0.29) is 5.56 Å². The molecule has 1 atom stereocenters. The lowest BCUT2D eigenvalue weighted by atomic mass is 10.0. The van der Waals surface area contributed by atoms with Crippen LogP contribution in [0.2, 0.25) is 0 Å². The number of aryl methyl sites for hydroxylation is 1. The molecule has 0 spiro atoms. The second-order valence-corrected chi connectivity index (χ2v) is 3.15. The van der Waals surface area contributed by atoms with Crippen LogP contribution >= 0.6 is 0 Å². The maximum atomic E-state index is 13.1. The molecule has 1 aromatic carbocycles. The summed E-state index contributed by atoms with van der Waals surface area (Å²) in [5, 5.41) is 9.16. The predicted molar refractivity (Wildman–Crippen MR) is 45.8 cm³/mol. The smallest absolute Gasteiger partial charge is 0.407 e. The van der Waals surface area contributed by atoms with Crippen molar-refractivity contribution in [2.75, 3.05) is 0 Å². The van der Waals surface area contributed by atoms with Crippen LogP contribution in [0.15, 0.2) is 12.1 Å². The maximum absolute atomic E-state index is 13.1. The van der Waals surface area contributed by atoms with Crippen LogP contribution < -0.4 is 5.73 Å². The molecule has 0 aliphatic carbocycles. The summed E-state index contributed by atoms with van der Waals surface area (Å²) >= 11 is 0. The van der Waals surface area contributed by atoms with Crippen molar-refractivity contribution >= 4 is 0 Å². The van der Waals surface area contributed by atoms with E-state index in [1.165, 1.54) is 6.92 Å². The number of hydrogen-bond donors (Lipinski definition) is 2. The molecule has 3 N–H and O–H groups in total. The summed E-state index contributed by atoms with van der Waals surface area (Å²) in [5.41, 5.74) is 4.24. The number of alkyl halides is 3. The van der Waals surface area contributed by atoms with Gasteiger partial charge in [-0.05, 0) is 12.5 Å². The molecule has 0 unspecified atom stereocenters. The minimum Gasteiger partial charge on any atom is -0.505 e. The Labute approximate surface area is 83.3 Å². The zero-order chi connectivity index (χ0) is 11.8. The summed E-state index contributed by atoms with van der Waals surface area (Å²) in [5.74, 6) is -2.12.